The van der Waals surface area contributed by atoms with Crippen LogP contribution < -0.4 is 3.53 Å². The maximum Gasteiger partial charge on any atom is 0.0172 e. The molecule has 56 valence electrons. The molecule has 1 nitrogen and oxygen atoms in total. The minimum absolute atomic E-state index is 0.751. The predicted octanol–water partition coefficient (Wildman–Crippen LogP) is 2.89. The molecule has 0 rings (SSSR count). The van der Waals surface area contributed by atoms with Gasteiger partial charge in [0.2, 0.25) is 0 Å². The Bertz CT molecular complexity index is 50.9. The summed E-state index contributed by atoms with van der Waals surface area (Å²) < 4.78 is 3.27. The molecule has 0 spiro atoms. The molecule has 0 radical (unpaired) electrons. The normalized spacial score (nSPS) is 10.7. The second-order valence-corrected chi connectivity index (χ2v) is 3.01. The van der Waals surface area contributed by atoms with Crippen LogP contribution in [0.4, 0.5) is 0 Å². The summed E-state index contributed by atoms with van der Waals surface area (Å²) in [6, 6.07) is 0.751. The van der Waals surface area contributed by atoms with Crippen molar-refractivity contribution in [2.75, 3.05) is 0 Å². The lowest BCUT2D eigenvalue weighted by atomic mass is 10.1. The van der Waals surface area contributed by atoms with Crippen LogP contribution in [-0.2, 0) is 0 Å². The third kappa shape index (κ3) is 5.15. The Kier molecular flexibility index (Phi) is 7.33. The van der Waals surface area contributed by atoms with Crippen LogP contribution in [0.5, 0.6) is 0 Å². The van der Waals surface area contributed by atoms with Crippen molar-refractivity contribution in [3.63, 3.8) is 0 Å². The topological polar surface area (TPSA) is 12.0 Å². The Morgan fingerprint density at radius 3 is 1.89 bits per heavy atom. The molecular formula is C7H16IN. The van der Waals surface area contributed by atoms with Gasteiger partial charge in [-0.25, -0.2) is 0 Å². The summed E-state index contributed by atoms with van der Waals surface area (Å²) in [5.74, 6) is 0. The van der Waals surface area contributed by atoms with E-state index < -0.39 is 0 Å². The first-order valence-corrected chi connectivity index (χ1v) is 4.79. The summed E-state index contributed by atoms with van der Waals surface area (Å²) in [6.45, 7) is 4.47. The first kappa shape index (κ1) is 9.69. The predicted molar refractivity (Wildman–Crippen MR) is 50.8 cm³/mol. The van der Waals surface area contributed by atoms with Crippen molar-refractivity contribution in [2.45, 2.75) is 45.6 Å². The van der Waals surface area contributed by atoms with E-state index in [0.29, 0.717) is 0 Å². The smallest absolute Gasteiger partial charge is 0.0172 e. The third-order valence-electron chi connectivity index (χ3n) is 1.43. The second-order valence-electron chi connectivity index (χ2n) is 2.38. The maximum absolute atomic E-state index is 3.27. The highest BCUT2D eigenvalue weighted by atomic mass is 127. The molecule has 0 aromatic rings. The van der Waals surface area contributed by atoms with Gasteiger partial charge in [0.1, 0.15) is 0 Å². The molecule has 1 N–H and O–H groups in total. The van der Waals surface area contributed by atoms with Crippen LogP contribution >= 0.6 is 22.9 Å². The van der Waals surface area contributed by atoms with E-state index in [2.05, 4.69) is 40.2 Å². The highest BCUT2D eigenvalue weighted by Gasteiger charge is 2.01. The van der Waals surface area contributed by atoms with E-state index in [0.717, 1.165) is 6.04 Å². The fourth-order valence-corrected chi connectivity index (χ4v) is 1.57. The zero-order valence-corrected chi connectivity index (χ0v) is 8.44. The summed E-state index contributed by atoms with van der Waals surface area (Å²) in [4.78, 5) is 0. The summed E-state index contributed by atoms with van der Waals surface area (Å²) in [6.07, 6.45) is 5.22. The molecule has 2 heteroatoms. The lowest BCUT2D eigenvalue weighted by Gasteiger charge is -2.11. The van der Waals surface area contributed by atoms with Gasteiger partial charge in [-0.3, -0.25) is 3.53 Å². The van der Waals surface area contributed by atoms with Gasteiger partial charge in [-0.05, 0) is 12.8 Å². The lowest BCUT2D eigenvalue weighted by molar-refractivity contribution is 0.535. The van der Waals surface area contributed by atoms with Crippen molar-refractivity contribution in [3.8, 4) is 0 Å². The molecule has 0 saturated heterocycles. The van der Waals surface area contributed by atoms with E-state index in [1.807, 2.05) is 0 Å². The number of hydrogen-bond acceptors (Lipinski definition) is 1. The van der Waals surface area contributed by atoms with E-state index in [9.17, 15) is 0 Å². The van der Waals surface area contributed by atoms with Gasteiger partial charge in [0.05, 0.1) is 0 Å². The minimum atomic E-state index is 0.751. The van der Waals surface area contributed by atoms with Crippen molar-refractivity contribution in [2.24, 2.45) is 0 Å². The average Bonchev–Trinajstić information content (AvgIpc) is 1.88. The molecular weight excluding hydrogens is 225 g/mol. The molecule has 0 aromatic heterocycles. The summed E-state index contributed by atoms with van der Waals surface area (Å²) in [5.41, 5.74) is 0. The summed E-state index contributed by atoms with van der Waals surface area (Å²) >= 11 is 2.25. The summed E-state index contributed by atoms with van der Waals surface area (Å²) in [7, 11) is 0. The molecule has 0 bridgehead atoms. The Labute approximate surface area is 72.1 Å². The van der Waals surface area contributed by atoms with Gasteiger partial charge in [0, 0.05) is 28.9 Å². The molecule has 0 heterocycles. The molecule has 9 heavy (non-hydrogen) atoms. The van der Waals surface area contributed by atoms with Gasteiger partial charge in [-0.1, -0.05) is 26.7 Å². The van der Waals surface area contributed by atoms with Crippen LogP contribution in [0.3, 0.4) is 0 Å². The molecule has 0 aromatic carbocycles. The molecule has 0 fully saturated rings. The fraction of sp³-hybridized carbons (Fsp3) is 1.00. The molecule has 0 aliphatic carbocycles. The Balaban J connectivity index is 3.18. The van der Waals surface area contributed by atoms with E-state index in [-0.39, 0.29) is 0 Å². The van der Waals surface area contributed by atoms with E-state index in [1.54, 1.807) is 0 Å². The van der Waals surface area contributed by atoms with Crippen molar-refractivity contribution in [1.29, 1.82) is 0 Å². The largest absolute Gasteiger partial charge is 0.258 e. The van der Waals surface area contributed by atoms with Gasteiger partial charge in [-0.2, -0.15) is 0 Å². The number of nitrogens with one attached hydrogen (secondary N) is 1. The second kappa shape index (κ2) is 6.81. The Morgan fingerprint density at radius 1 is 1.22 bits per heavy atom. The first-order chi connectivity index (χ1) is 4.35. The van der Waals surface area contributed by atoms with E-state index in [4.69, 9.17) is 0 Å². The first-order valence-electron chi connectivity index (χ1n) is 3.71. The average molecular weight is 241 g/mol. The van der Waals surface area contributed by atoms with Crippen LogP contribution in [0.2, 0.25) is 0 Å². The molecule has 0 atom stereocenters. The van der Waals surface area contributed by atoms with Crippen molar-refractivity contribution >= 4 is 22.9 Å². The van der Waals surface area contributed by atoms with Crippen LogP contribution in [0.25, 0.3) is 0 Å². The fourth-order valence-electron chi connectivity index (χ4n) is 0.950. The van der Waals surface area contributed by atoms with Gasteiger partial charge in [0.15, 0.2) is 0 Å². The van der Waals surface area contributed by atoms with Gasteiger partial charge in [0.25, 0.3) is 0 Å². The monoisotopic (exact) mass is 241 g/mol. The lowest BCUT2D eigenvalue weighted by Crippen LogP contribution is -2.18. The summed E-state index contributed by atoms with van der Waals surface area (Å²) in [5, 5.41) is 0. The van der Waals surface area contributed by atoms with Gasteiger partial charge >= 0.3 is 0 Å². The standard InChI is InChI=1S/C7H16IN/c1-3-5-7(9-8)6-4-2/h7,9H,3-6H2,1-2H3. The number of halogens is 1. The Hall–Kier alpha value is 0.690. The van der Waals surface area contributed by atoms with Crippen LogP contribution in [0.15, 0.2) is 0 Å². The van der Waals surface area contributed by atoms with Crippen LogP contribution in [-0.4, -0.2) is 6.04 Å². The van der Waals surface area contributed by atoms with Gasteiger partial charge < -0.3 is 0 Å². The number of hydrogen-bond donors (Lipinski definition) is 1. The maximum atomic E-state index is 3.27. The zero-order chi connectivity index (χ0) is 7.11. The van der Waals surface area contributed by atoms with Crippen LogP contribution in [0, 0.1) is 0 Å². The van der Waals surface area contributed by atoms with E-state index >= 15 is 0 Å². The Morgan fingerprint density at radius 2 is 1.67 bits per heavy atom. The van der Waals surface area contributed by atoms with Crippen molar-refractivity contribution in [3.05, 3.63) is 0 Å². The highest BCUT2D eigenvalue weighted by Crippen LogP contribution is 2.05. The molecule has 0 amide bonds. The molecule has 0 saturated carbocycles. The molecule has 0 aliphatic heterocycles. The SMILES string of the molecule is CCCC(CCC)NI. The van der Waals surface area contributed by atoms with Crippen molar-refractivity contribution in [1.82, 2.24) is 3.53 Å². The molecule has 0 aliphatic rings. The zero-order valence-electron chi connectivity index (χ0n) is 6.28. The van der Waals surface area contributed by atoms with Crippen LogP contribution in [0.1, 0.15) is 39.5 Å². The number of rotatable bonds is 5. The highest BCUT2D eigenvalue weighted by molar-refractivity contribution is 14.1. The quantitative estimate of drug-likeness (QED) is 0.576. The molecule has 0 unspecified atom stereocenters. The van der Waals surface area contributed by atoms with Gasteiger partial charge in [-0.15, -0.1) is 0 Å². The van der Waals surface area contributed by atoms with Crippen molar-refractivity contribution < 1.29 is 0 Å². The van der Waals surface area contributed by atoms with E-state index in [1.165, 1.54) is 25.7 Å². The third-order valence-corrected chi connectivity index (χ3v) is 2.31. The minimum Gasteiger partial charge on any atom is -0.258 e.